The molecule has 0 spiro atoms. The third kappa shape index (κ3) is 4.23. The van der Waals surface area contributed by atoms with Crippen molar-refractivity contribution < 1.29 is 14.3 Å². The normalized spacial score (nSPS) is 32.1. The summed E-state index contributed by atoms with van der Waals surface area (Å²) in [5.74, 6) is 0.160. The van der Waals surface area contributed by atoms with Gasteiger partial charge in [0.1, 0.15) is 0 Å². The second kappa shape index (κ2) is 7.92. The minimum atomic E-state index is -0.447. The Morgan fingerprint density at radius 2 is 1.97 bits per heavy atom. The van der Waals surface area contributed by atoms with Gasteiger partial charge < -0.3 is 15.4 Å². The maximum atomic E-state index is 12.4. The number of amides is 1. The molecule has 4 atom stereocenters. The van der Waals surface area contributed by atoms with Gasteiger partial charge in [0, 0.05) is 36.8 Å². The fraction of sp³-hybridized carbons (Fsp3) is 0.565. The van der Waals surface area contributed by atoms with Gasteiger partial charge in [-0.15, -0.1) is 0 Å². The molecular weight excluding hydrogens is 366 g/mol. The van der Waals surface area contributed by atoms with E-state index in [0.717, 1.165) is 42.8 Å². The Morgan fingerprint density at radius 1 is 1.28 bits per heavy atom. The van der Waals surface area contributed by atoms with Crippen molar-refractivity contribution in [2.75, 3.05) is 31.6 Å². The molecule has 6 nitrogen and oxygen atoms in total. The van der Waals surface area contributed by atoms with Gasteiger partial charge in [-0.1, -0.05) is 24.3 Å². The molecule has 1 aliphatic carbocycles. The molecule has 2 N–H and O–H groups in total. The second-order valence-electron chi connectivity index (χ2n) is 9.17. The molecule has 1 aromatic rings. The summed E-state index contributed by atoms with van der Waals surface area (Å²) in [5, 5.41) is 6.47. The summed E-state index contributed by atoms with van der Waals surface area (Å²) in [7, 11) is 0. The highest BCUT2D eigenvalue weighted by Crippen LogP contribution is 2.52. The van der Waals surface area contributed by atoms with Gasteiger partial charge in [-0.3, -0.25) is 14.5 Å². The highest BCUT2D eigenvalue weighted by Gasteiger charge is 2.55. The molecule has 2 saturated heterocycles. The number of ether oxygens (including phenoxy) is 1. The fourth-order valence-electron chi connectivity index (χ4n) is 5.31. The van der Waals surface area contributed by atoms with Crippen molar-refractivity contribution in [2.24, 2.45) is 11.3 Å². The van der Waals surface area contributed by atoms with E-state index in [1.54, 1.807) is 0 Å². The van der Waals surface area contributed by atoms with Crippen molar-refractivity contribution in [3.63, 3.8) is 0 Å². The number of piperazine rings is 1. The predicted octanol–water partition coefficient (Wildman–Crippen LogP) is 2.36. The van der Waals surface area contributed by atoms with Gasteiger partial charge in [0.15, 0.2) is 0 Å². The molecule has 2 aliphatic heterocycles. The number of hydrogen-bond donors (Lipinski definition) is 2. The molecule has 4 unspecified atom stereocenters. The minimum absolute atomic E-state index is 0.00386. The summed E-state index contributed by atoms with van der Waals surface area (Å²) in [4.78, 5) is 27.1. The molecule has 0 radical (unpaired) electrons. The summed E-state index contributed by atoms with van der Waals surface area (Å²) < 4.78 is 5.36. The monoisotopic (exact) mass is 397 g/mol. The van der Waals surface area contributed by atoms with Crippen LogP contribution in [0, 0.1) is 11.3 Å². The summed E-state index contributed by atoms with van der Waals surface area (Å²) in [6.07, 6.45) is 2.26. The largest absolute Gasteiger partial charge is 0.465 e. The topological polar surface area (TPSA) is 70.7 Å². The van der Waals surface area contributed by atoms with Gasteiger partial charge >= 0.3 is 5.97 Å². The van der Waals surface area contributed by atoms with Gasteiger partial charge in [0.2, 0.25) is 5.91 Å². The van der Waals surface area contributed by atoms with Crippen LogP contribution in [0.4, 0.5) is 5.69 Å². The molecule has 0 aromatic heterocycles. The van der Waals surface area contributed by atoms with Crippen LogP contribution >= 0.6 is 0 Å². The zero-order valence-electron chi connectivity index (χ0n) is 17.4. The number of benzene rings is 1. The molecule has 1 saturated carbocycles. The number of nitrogens with one attached hydrogen (secondary N) is 2. The Hall–Kier alpha value is -2.18. The molecule has 3 fully saturated rings. The minimum Gasteiger partial charge on any atom is -0.465 e. The Kier molecular flexibility index (Phi) is 5.49. The van der Waals surface area contributed by atoms with Crippen LogP contribution in [0.25, 0.3) is 0 Å². The van der Waals surface area contributed by atoms with Crippen molar-refractivity contribution >= 4 is 17.6 Å². The van der Waals surface area contributed by atoms with E-state index in [9.17, 15) is 9.59 Å². The maximum absolute atomic E-state index is 12.4. The molecule has 4 rings (SSSR count). The van der Waals surface area contributed by atoms with Crippen LogP contribution in [0.5, 0.6) is 0 Å². The van der Waals surface area contributed by atoms with E-state index in [1.807, 2.05) is 24.3 Å². The molecule has 156 valence electrons. The first-order chi connectivity index (χ1) is 13.8. The number of fused-ring (bicyclic) bond motifs is 1. The number of anilines is 1. The van der Waals surface area contributed by atoms with Gasteiger partial charge in [0.25, 0.3) is 0 Å². The number of cyclic esters (lactones) is 1. The van der Waals surface area contributed by atoms with Crippen LogP contribution in [-0.2, 0) is 20.7 Å². The number of nitrogens with zero attached hydrogens (tertiary/aromatic N) is 1. The number of allylic oxidation sites excluding steroid dienone is 1. The predicted molar refractivity (Wildman–Crippen MR) is 113 cm³/mol. The summed E-state index contributed by atoms with van der Waals surface area (Å²) in [6.45, 7) is 11.0. The van der Waals surface area contributed by atoms with E-state index in [2.05, 4.69) is 36.0 Å². The standard InChI is InChI=1S/C23H31N3O3/c1-15-8-19-14-29-22(28)23(19,9-15)10-18-4-6-20(7-5-18)25-21(27)13-26-11-16(2)24-17(3)12-26/h4-7,16-17,19,24H,1,8-14H2,2-3H3,(H,25,27). The number of hydrogen-bond acceptors (Lipinski definition) is 5. The first kappa shape index (κ1) is 20.1. The SMILES string of the molecule is C=C1CC2COC(=O)C2(Cc2ccc(NC(=O)CN3CC(C)NC(C)C3)cc2)C1. The smallest absolute Gasteiger partial charge is 0.313 e. The molecule has 29 heavy (non-hydrogen) atoms. The molecule has 1 amide bonds. The van der Waals surface area contributed by atoms with E-state index < -0.39 is 5.41 Å². The molecule has 3 aliphatic rings. The Morgan fingerprint density at radius 3 is 2.66 bits per heavy atom. The van der Waals surface area contributed by atoms with Crippen molar-refractivity contribution in [1.82, 2.24) is 10.2 Å². The lowest BCUT2D eigenvalue weighted by Crippen LogP contribution is -2.55. The summed E-state index contributed by atoms with van der Waals surface area (Å²) in [5.41, 5.74) is 2.57. The summed E-state index contributed by atoms with van der Waals surface area (Å²) in [6, 6.07) is 8.63. The first-order valence-electron chi connectivity index (χ1n) is 10.5. The maximum Gasteiger partial charge on any atom is 0.313 e. The van der Waals surface area contributed by atoms with Crippen LogP contribution < -0.4 is 10.6 Å². The van der Waals surface area contributed by atoms with Crippen LogP contribution in [0.3, 0.4) is 0 Å². The third-order valence-corrected chi connectivity index (χ3v) is 6.46. The van der Waals surface area contributed by atoms with E-state index in [-0.39, 0.29) is 17.8 Å². The average molecular weight is 398 g/mol. The van der Waals surface area contributed by atoms with Crippen molar-refractivity contribution in [1.29, 1.82) is 0 Å². The highest BCUT2D eigenvalue weighted by molar-refractivity contribution is 5.92. The second-order valence-corrected chi connectivity index (χ2v) is 9.17. The van der Waals surface area contributed by atoms with Gasteiger partial charge in [-0.05, 0) is 50.8 Å². The first-order valence-corrected chi connectivity index (χ1v) is 10.5. The fourth-order valence-corrected chi connectivity index (χ4v) is 5.31. The van der Waals surface area contributed by atoms with Gasteiger partial charge in [-0.25, -0.2) is 0 Å². The molecule has 1 aromatic carbocycles. The summed E-state index contributed by atoms with van der Waals surface area (Å²) >= 11 is 0. The zero-order valence-corrected chi connectivity index (χ0v) is 17.4. The van der Waals surface area contributed by atoms with Crippen LogP contribution in [0.1, 0.15) is 32.3 Å². The van der Waals surface area contributed by atoms with Crippen LogP contribution in [0.2, 0.25) is 0 Å². The number of esters is 1. The van der Waals surface area contributed by atoms with Gasteiger partial charge in [-0.2, -0.15) is 0 Å². The van der Waals surface area contributed by atoms with Crippen LogP contribution in [-0.4, -0.2) is 55.1 Å². The average Bonchev–Trinajstić information content (AvgIpc) is 3.10. The van der Waals surface area contributed by atoms with Crippen molar-refractivity contribution in [3.8, 4) is 0 Å². The molecule has 0 bridgehead atoms. The van der Waals surface area contributed by atoms with Crippen molar-refractivity contribution in [3.05, 3.63) is 42.0 Å². The Bertz CT molecular complexity index is 796. The number of rotatable bonds is 5. The van der Waals surface area contributed by atoms with E-state index in [1.165, 1.54) is 0 Å². The van der Waals surface area contributed by atoms with Crippen LogP contribution in [0.15, 0.2) is 36.4 Å². The lowest BCUT2D eigenvalue weighted by molar-refractivity contribution is -0.146. The van der Waals surface area contributed by atoms with E-state index in [4.69, 9.17) is 4.74 Å². The Balaban J connectivity index is 1.35. The lowest BCUT2D eigenvalue weighted by atomic mass is 9.75. The quantitative estimate of drug-likeness (QED) is 0.590. The van der Waals surface area contributed by atoms with E-state index in [0.29, 0.717) is 31.7 Å². The lowest BCUT2D eigenvalue weighted by Gasteiger charge is -2.35. The molecule has 6 heteroatoms. The molecule has 2 heterocycles. The van der Waals surface area contributed by atoms with Gasteiger partial charge in [0.05, 0.1) is 18.6 Å². The third-order valence-electron chi connectivity index (χ3n) is 6.46. The number of carbonyl (C=O) groups is 2. The Labute approximate surface area is 172 Å². The molecular formula is C23H31N3O3. The van der Waals surface area contributed by atoms with E-state index >= 15 is 0 Å². The highest BCUT2D eigenvalue weighted by atomic mass is 16.5. The number of carbonyl (C=O) groups excluding carboxylic acids is 2. The zero-order chi connectivity index (χ0) is 20.6. The van der Waals surface area contributed by atoms with Crippen molar-refractivity contribution in [2.45, 2.75) is 45.2 Å².